The van der Waals surface area contributed by atoms with Gasteiger partial charge in [0.1, 0.15) is 12.7 Å². The van der Waals surface area contributed by atoms with Crippen molar-refractivity contribution < 1.29 is 36.5 Å². The molecule has 6 rings (SSSR count). The van der Waals surface area contributed by atoms with Crippen molar-refractivity contribution in [3.63, 3.8) is 0 Å². The fourth-order valence-electron chi connectivity index (χ4n) is 5.42. The fourth-order valence-corrected chi connectivity index (χ4v) is 5.42. The summed E-state index contributed by atoms with van der Waals surface area (Å²) in [6.45, 7) is -0.367. The molecule has 3 aromatic heterocycles. The van der Waals surface area contributed by atoms with Crippen LogP contribution in [0.4, 0.5) is 23.4 Å². The number of hydrogen-bond acceptors (Lipinski definition) is 8. The molecule has 5 aromatic rings. The van der Waals surface area contributed by atoms with Gasteiger partial charge in [0, 0.05) is 16.9 Å². The second-order valence-electron chi connectivity index (χ2n) is 10.2. The molecule has 1 aliphatic rings. The fraction of sp³-hybridized carbons (Fsp3) is 0.250. The molecule has 1 unspecified atom stereocenters. The molecular formula is C28H21F4N7O4. The van der Waals surface area contributed by atoms with Gasteiger partial charge >= 0.3 is 6.18 Å². The van der Waals surface area contributed by atoms with Crippen LogP contribution in [0.15, 0.2) is 59.4 Å². The molecule has 1 saturated carbocycles. The van der Waals surface area contributed by atoms with Crippen molar-refractivity contribution in [3.05, 3.63) is 66.1 Å². The molecule has 2 amide bonds. The Hall–Kier alpha value is -5.21. The minimum absolute atomic E-state index is 0.0673. The van der Waals surface area contributed by atoms with Crippen molar-refractivity contribution in [3.8, 4) is 11.1 Å². The maximum absolute atomic E-state index is 14.6. The van der Waals surface area contributed by atoms with Gasteiger partial charge in [-0.05, 0) is 54.8 Å². The Labute approximate surface area is 239 Å². The predicted octanol–water partition coefficient (Wildman–Crippen LogP) is 4.32. The third kappa shape index (κ3) is 5.29. The maximum Gasteiger partial charge on any atom is 0.416 e. The van der Waals surface area contributed by atoms with Gasteiger partial charge in [-0.2, -0.15) is 28.5 Å². The van der Waals surface area contributed by atoms with Gasteiger partial charge in [0.05, 0.1) is 34.8 Å². The molecule has 15 heteroatoms. The summed E-state index contributed by atoms with van der Waals surface area (Å²) < 4.78 is 59.9. The van der Waals surface area contributed by atoms with E-state index in [1.54, 1.807) is 30.5 Å². The Bertz CT molecular complexity index is 1890. The van der Waals surface area contributed by atoms with Crippen molar-refractivity contribution >= 4 is 45.3 Å². The first kappa shape index (κ1) is 27.9. The first-order chi connectivity index (χ1) is 20.5. The molecule has 3 heterocycles. The second kappa shape index (κ2) is 10.6. The highest BCUT2D eigenvalue weighted by molar-refractivity contribution is 6.06. The summed E-state index contributed by atoms with van der Waals surface area (Å²) in [5, 5.41) is 18.5. The Morgan fingerprint density at radius 1 is 1.00 bits per heavy atom. The number of ketones is 1. The normalized spacial score (nSPS) is 18.7. The van der Waals surface area contributed by atoms with Crippen LogP contribution in [0.1, 0.15) is 28.9 Å². The number of carbonyl (C=O) groups is 3. The number of halogens is 4. The topological polar surface area (TPSA) is 159 Å². The van der Waals surface area contributed by atoms with E-state index in [2.05, 4.69) is 25.8 Å². The number of nitrogens with zero attached hydrogens (tertiary/aromatic N) is 5. The lowest BCUT2D eigenvalue weighted by Crippen LogP contribution is -2.32. The summed E-state index contributed by atoms with van der Waals surface area (Å²) in [6, 6.07) is 9.50. The predicted molar refractivity (Wildman–Crippen MR) is 143 cm³/mol. The van der Waals surface area contributed by atoms with E-state index in [-0.39, 0.29) is 41.9 Å². The van der Waals surface area contributed by atoms with Crippen LogP contribution in [0.25, 0.3) is 33.0 Å². The second-order valence-corrected chi connectivity index (χ2v) is 10.2. The van der Waals surface area contributed by atoms with E-state index in [1.807, 2.05) is 0 Å². The lowest BCUT2D eigenvalue weighted by atomic mass is 9.91. The smallest absolute Gasteiger partial charge is 0.364 e. The van der Waals surface area contributed by atoms with Crippen LogP contribution in [0.5, 0.6) is 0 Å². The van der Waals surface area contributed by atoms with E-state index in [9.17, 15) is 31.9 Å². The van der Waals surface area contributed by atoms with Gasteiger partial charge in [0.15, 0.2) is 22.9 Å². The van der Waals surface area contributed by atoms with Crippen LogP contribution in [-0.2, 0) is 22.3 Å². The van der Waals surface area contributed by atoms with E-state index in [1.165, 1.54) is 10.9 Å². The van der Waals surface area contributed by atoms with Crippen molar-refractivity contribution in [1.29, 1.82) is 0 Å². The molecule has 0 saturated heterocycles. The van der Waals surface area contributed by atoms with Crippen LogP contribution < -0.4 is 11.1 Å². The summed E-state index contributed by atoms with van der Waals surface area (Å²) in [7, 11) is 0. The molecule has 0 spiro atoms. The minimum Gasteiger partial charge on any atom is -0.364 e. The van der Waals surface area contributed by atoms with E-state index < -0.39 is 47.3 Å². The number of carbonyl (C=O) groups excluding carboxylic acids is 3. The third-order valence-corrected chi connectivity index (χ3v) is 7.50. The summed E-state index contributed by atoms with van der Waals surface area (Å²) in [5.41, 5.74) is 6.19. The zero-order valence-corrected chi connectivity index (χ0v) is 22.0. The first-order valence-corrected chi connectivity index (χ1v) is 13.0. The molecule has 0 bridgehead atoms. The average Bonchev–Trinajstić information content (AvgIpc) is 3.68. The summed E-state index contributed by atoms with van der Waals surface area (Å²) >= 11 is 0. The third-order valence-electron chi connectivity index (χ3n) is 7.50. The summed E-state index contributed by atoms with van der Waals surface area (Å²) in [5.74, 6) is -4.32. The van der Waals surface area contributed by atoms with E-state index in [0.29, 0.717) is 16.5 Å². The number of Topliss-reactive ketones (excluding diaryl/α,β-unsaturated/α-hetero) is 1. The van der Waals surface area contributed by atoms with E-state index >= 15 is 0 Å². The van der Waals surface area contributed by atoms with Crippen molar-refractivity contribution in [2.45, 2.75) is 31.7 Å². The minimum atomic E-state index is -4.60. The van der Waals surface area contributed by atoms with Crippen molar-refractivity contribution in [2.75, 3.05) is 5.32 Å². The molecule has 220 valence electrons. The number of hydrogen-bond donors (Lipinski definition) is 2. The van der Waals surface area contributed by atoms with Crippen molar-refractivity contribution in [2.24, 2.45) is 17.6 Å². The van der Waals surface area contributed by atoms with Gasteiger partial charge in [-0.15, -0.1) is 0 Å². The van der Waals surface area contributed by atoms with Crippen LogP contribution in [0.2, 0.25) is 0 Å². The van der Waals surface area contributed by atoms with Crippen LogP contribution in [-0.4, -0.2) is 48.9 Å². The SMILES string of the molecule is NC(=O)c1nn(CC(=O)C2C[C@H](F)C[C@H]2C(=O)Nc2noc3cc(C(F)(F)F)ccc23)c2ccc(-c3ccnnc3)cc12. The van der Waals surface area contributed by atoms with E-state index in [0.717, 1.165) is 23.8 Å². The molecule has 0 aliphatic heterocycles. The van der Waals surface area contributed by atoms with Gasteiger partial charge in [0.2, 0.25) is 5.91 Å². The van der Waals surface area contributed by atoms with Gasteiger partial charge in [-0.1, -0.05) is 11.2 Å². The number of nitrogens with one attached hydrogen (secondary N) is 1. The number of fused-ring (bicyclic) bond motifs is 2. The zero-order chi connectivity index (χ0) is 30.5. The molecule has 0 radical (unpaired) electrons. The molecule has 11 nitrogen and oxygen atoms in total. The molecule has 1 fully saturated rings. The van der Waals surface area contributed by atoms with Gasteiger partial charge < -0.3 is 15.6 Å². The van der Waals surface area contributed by atoms with Gasteiger partial charge in [-0.25, -0.2) is 4.39 Å². The molecule has 1 aliphatic carbocycles. The quantitative estimate of drug-likeness (QED) is 0.263. The number of amides is 2. The van der Waals surface area contributed by atoms with Crippen LogP contribution >= 0.6 is 0 Å². The molecule has 3 atom stereocenters. The largest absolute Gasteiger partial charge is 0.416 e. The Kier molecular flexibility index (Phi) is 6.86. The Balaban J connectivity index is 1.24. The number of nitrogens with two attached hydrogens (primary N) is 1. The molecule has 3 N–H and O–H groups in total. The van der Waals surface area contributed by atoms with Gasteiger partial charge in [0.25, 0.3) is 5.91 Å². The number of benzene rings is 2. The highest BCUT2D eigenvalue weighted by Gasteiger charge is 2.43. The maximum atomic E-state index is 14.6. The van der Waals surface area contributed by atoms with Crippen LogP contribution in [0, 0.1) is 11.8 Å². The standard InChI is InChI=1S/C28H21F4N7O4/c29-16-9-18(19(10-16)27(42)36-26-17-3-2-15(28(30,31)32)8-23(17)43-38-26)22(40)12-39-21-4-1-13(14-5-6-34-35-11-14)7-20(21)24(37-39)25(33)41/h1-8,11,16,18-19H,9-10,12H2,(H2,33,41)(H,36,38,42)/t16-,18?,19+/m0/s1. The lowest BCUT2D eigenvalue weighted by molar-refractivity contribution is -0.137. The lowest BCUT2D eigenvalue weighted by Gasteiger charge is -2.17. The van der Waals surface area contributed by atoms with Crippen molar-refractivity contribution in [1.82, 2.24) is 25.1 Å². The molecule has 43 heavy (non-hydrogen) atoms. The summed E-state index contributed by atoms with van der Waals surface area (Å²) in [6.07, 6.45) is -3.45. The van der Waals surface area contributed by atoms with Gasteiger partial charge in [-0.3, -0.25) is 19.1 Å². The monoisotopic (exact) mass is 595 g/mol. The number of anilines is 1. The molecular weight excluding hydrogens is 574 g/mol. The Morgan fingerprint density at radius 3 is 2.51 bits per heavy atom. The average molecular weight is 596 g/mol. The highest BCUT2D eigenvalue weighted by Crippen LogP contribution is 2.38. The first-order valence-electron chi connectivity index (χ1n) is 13.0. The molecule has 2 aromatic carbocycles. The highest BCUT2D eigenvalue weighted by atomic mass is 19.4. The van der Waals surface area contributed by atoms with Crippen LogP contribution in [0.3, 0.4) is 0 Å². The number of aromatic nitrogens is 5. The number of rotatable bonds is 7. The number of alkyl halides is 4. The summed E-state index contributed by atoms with van der Waals surface area (Å²) in [4.78, 5) is 38.8. The number of primary amides is 1. The van der Waals surface area contributed by atoms with E-state index in [4.69, 9.17) is 10.3 Å². The Morgan fingerprint density at radius 2 is 1.79 bits per heavy atom. The zero-order valence-electron chi connectivity index (χ0n) is 22.0.